The number of rotatable bonds is 3. The number of carbonyl (C=O) groups is 1. The fraction of sp³-hybridized carbons (Fsp3) is 0.400. The Labute approximate surface area is 122 Å². The summed E-state index contributed by atoms with van der Waals surface area (Å²) in [6, 6.07) is 5.89. The molecule has 0 aliphatic carbocycles. The molecule has 0 bridgehead atoms. The molecule has 1 amide bonds. The third kappa shape index (κ3) is 2.26. The highest BCUT2D eigenvalue weighted by Gasteiger charge is 2.24. The van der Waals surface area contributed by atoms with Gasteiger partial charge in [0, 0.05) is 24.0 Å². The van der Waals surface area contributed by atoms with Crippen molar-refractivity contribution in [3.63, 3.8) is 0 Å². The third-order valence-electron chi connectivity index (χ3n) is 3.74. The highest BCUT2D eigenvalue weighted by Crippen LogP contribution is 2.25. The number of pyridine rings is 1. The van der Waals surface area contributed by atoms with Crippen molar-refractivity contribution >= 4 is 17.1 Å². The summed E-state index contributed by atoms with van der Waals surface area (Å²) in [7, 11) is 1.63. The monoisotopic (exact) mass is 286 g/mol. The lowest BCUT2D eigenvalue weighted by Gasteiger charge is -2.20. The van der Waals surface area contributed by atoms with E-state index in [1.807, 2.05) is 25.1 Å². The standard InChI is InChI=1S/C15H18N4O2/c1-4-10-8-12-11(5-6-14(21-3)19(12)18-10)15-9(2)7-13(20)16-17-15/h5-6,8-9H,4,7H2,1-3H3,(H,16,20)/t9-/m0/s1. The Morgan fingerprint density at radius 3 is 2.95 bits per heavy atom. The summed E-state index contributed by atoms with van der Waals surface area (Å²) in [5.74, 6) is 0.719. The summed E-state index contributed by atoms with van der Waals surface area (Å²) in [5.41, 5.74) is 6.37. The van der Waals surface area contributed by atoms with Crippen LogP contribution in [0.4, 0.5) is 0 Å². The van der Waals surface area contributed by atoms with Crippen LogP contribution in [-0.2, 0) is 11.2 Å². The molecule has 3 heterocycles. The van der Waals surface area contributed by atoms with Gasteiger partial charge in [-0.05, 0) is 18.6 Å². The van der Waals surface area contributed by atoms with Crippen molar-refractivity contribution < 1.29 is 9.53 Å². The molecule has 0 saturated heterocycles. The first-order valence-corrected chi connectivity index (χ1v) is 7.06. The zero-order valence-electron chi connectivity index (χ0n) is 12.4. The molecule has 0 spiro atoms. The molecule has 0 aromatic carbocycles. The maximum absolute atomic E-state index is 11.4. The summed E-state index contributed by atoms with van der Waals surface area (Å²) in [5, 5.41) is 8.78. The van der Waals surface area contributed by atoms with Gasteiger partial charge < -0.3 is 4.74 Å². The van der Waals surface area contributed by atoms with Gasteiger partial charge in [0.1, 0.15) is 0 Å². The van der Waals surface area contributed by atoms with E-state index in [1.165, 1.54) is 0 Å². The van der Waals surface area contributed by atoms with Gasteiger partial charge in [-0.25, -0.2) is 9.94 Å². The normalized spacial score (nSPS) is 18.5. The van der Waals surface area contributed by atoms with Crippen LogP contribution in [0.5, 0.6) is 5.88 Å². The minimum Gasteiger partial charge on any atom is -0.481 e. The molecule has 6 heteroatoms. The molecule has 2 aromatic heterocycles. The first-order chi connectivity index (χ1) is 10.1. The minimum atomic E-state index is -0.0430. The number of aryl methyl sites for hydroxylation is 1. The molecule has 0 saturated carbocycles. The van der Waals surface area contributed by atoms with Crippen molar-refractivity contribution in [1.82, 2.24) is 15.0 Å². The first kappa shape index (κ1) is 13.6. The molecule has 1 atom stereocenters. The zero-order chi connectivity index (χ0) is 15.0. The number of hydrogen-bond donors (Lipinski definition) is 1. The van der Waals surface area contributed by atoms with Crippen molar-refractivity contribution in [1.29, 1.82) is 0 Å². The lowest BCUT2D eigenvalue weighted by molar-refractivity contribution is -0.121. The van der Waals surface area contributed by atoms with Crippen LogP contribution >= 0.6 is 0 Å². The quantitative estimate of drug-likeness (QED) is 0.935. The Morgan fingerprint density at radius 1 is 1.48 bits per heavy atom. The summed E-state index contributed by atoms with van der Waals surface area (Å²) in [6.07, 6.45) is 1.30. The Bertz CT molecular complexity index is 733. The predicted molar refractivity (Wildman–Crippen MR) is 79.6 cm³/mol. The predicted octanol–water partition coefficient (Wildman–Crippen LogP) is 1.77. The molecular formula is C15H18N4O2. The second kappa shape index (κ2) is 5.20. The van der Waals surface area contributed by atoms with Gasteiger partial charge in [-0.2, -0.15) is 10.2 Å². The summed E-state index contributed by atoms with van der Waals surface area (Å²) >= 11 is 0. The van der Waals surface area contributed by atoms with Crippen LogP contribution in [0.15, 0.2) is 23.3 Å². The summed E-state index contributed by atoms with van der Waals surface area (Å²) in [6.45, 7) is 4.07. The Hall–Kier alpha value is -2.37. The minimum absolute atomic E-state index is 0.0430. The van der Waals surface area contributed by atoms with E-state index in [0.717, 1.165) is 28.9 Å². The molecule has 0 radical (unpaired) electrons. The second-order valence-corrected chi connectivity index (χ2v) is 5.21. The highest BCUT2D eigenvalue weighted by atomic mass is 16.5. The van der Waals surface area contributed by atoms with E-state index in [9.17, 15) is 4.79 Å². The van der Waals surface area contributed by atoms with Gasteiger partial charge in [-0.3, -0.25) is 4.79 Å². The number of ether oxygens (including phenoxy) is 1. The Morgan fingerprint density at radius 2 is 2.29 bits per heavy atom. The molecule has 1 aliphatic rings. The van der Waals surface area contributed by atoms with Crippen LogP contribution in [0.3, 0.4) is 0 Å². The van der Waals surface area contributed by atoms with Crippen LogP contribution in [0.25, 0.3) is 5.52 Å². The molecule has 110 valence electrons. The van der Waals surface area contributed by atoms with E-state index in [1.54, 1.807) is 11.6 Å². The number of aromatic nitrogens is 2. The van der Waals surface area contributed by atoms with Gasteiger partial charge in [0.15, 0.2) is 0 Å². The molecule has 6 nitrogen and oxygen atoms in total. The molecule has 3 rings (SSSR count). The van der Waals surface area contributed by atoms with Gasteiger partial charge in [-0.1, -0.05) is 13.8 Å². The second-order valence-electron chi connectivity index (χ2n) is 5.21. The molecule has 2 aromatic rings. The number of nitrogens with one attached hydrogen (secondary N) is 1. The third-order valence-corrected chi connectivity index (χ3v) is 3.74. The summed E-state index contributed by atoms with van der Waals surface area (Å²) < 4.78 is 7.15. The molecule has 1 N–H and O–H groups in total. The van der Waals surface area contributed by atoms with Gasteiger partial charge in [0.25, 0.3) is 0 Å². The largest absolute Gasteiger partial charge is 0.481 e. The van der Waals surface area contributed by atoms with Crippen LogP contribution in [0.2, 0.25) is 0 Å². The van der Waals surface area contributed by atoms with E-state index in [2.05, 4.69) is 22.5 Å². The number of hydrazone groups is 1. The van der Waals surface area contributed by atoms with Crippen molar-refractivity contribution in [2.24, 2.45) is 11.0 Å². The van der Waals surface area contributed by atoms with Crippen LogP contribution in [-0.4, -0.2) is 28.3 Å². The summed E-state index contributed by atoms with van der Waals surface area (Å²) in [4.78, 5) is 11.4. The van der Waals surface area contributed by atoms with Gasteiger partial charge >= 0.3 is 0 Å². The lowest BCUT2D eigenvalue weighted by Crippen LogP contribution is -2.32. The van der Waals surface area contributed by atoms with E-state index in [-0.39, 0.29) is 11.8 Å². The van der Waals surface area contributed by atoms with Crippen LogP contribution in [0, 0.1) is 5.92 Å². The number of fused-ring (bicyclic) bond motifs is 1. The van der Waals surface area contributed by atoms with Crippen molar-refractivity contribution in [2.75, 3.05) is 7.11 Å². The van der Waals surface area contributed by atoms with Gasteiger partial charge in [-0.15, -0.1) is 0 Å². The topological polar surface area (TPSA) is 68.0 Å². The van der Waals surface area contributed by atoms with E-state index in [4.69, 9.17) is 4.74 Å². The fourth-order valence-corrected chi connectivity index (χ4v) is 2.62. The smallest absolute Gasteiger partial charge is 0.240 e. The maximum Gasteiger partial charge on any atom is 0.240 e. The van der Waals surface area contributed by atoms with Crippen LogP contribution < -0.4 is 10.2 Å². The molecular weight excluding hydrogens is 268 g/mol. The maximum atomic E-state index is 11.4. The van der Waals surface area contributed by atoms with Gasteiger partial charge in [0.05, 0.1) is 24.0 Å². The van der Waals surface area contributed by atoms with E-state index >= 15 is 0 Å². The Balaban J connectivity index is 2.19. The highest BCUT2D eigenvalue weighted by molar-refractivity contribution is 6.10. The number of nitrogens with zero attached hydrogens (tertiary/aromatic N) is 3. The van der Waals surface area contributed by atoms with Gasteiger partial charge in [0.2, 0.25) is 11.8 Å². The average molecular weight is 286 g/mol. The Kier molecular flexibility index (Phi) is 3.37. The molecule has 0 fully saturated rings. The van der Waals surface area contributed by atoms with Crippen molar-refractivity contribution in [3.05, 3.63) is 29.5 Å². The number of amides is 1. The van der Waals surface area contributed by atoms with Crippen molar-refractivity contribution in [2.45, 2.75) is 26.7 Å². The lowest BCUT2D eigenvalue weighted by atomic mass is 9.94. The van der Waals surface area contributed by atoms with E-state index < -0.39 is 0 Å². The zero-order valence-corrected chi connectivity index (χ0v) is 12.4. The van der Waals surface area contributed by atoms with Crippen LogP contribution in [0.1, 0.15) is 31.5 Å². The van der Waals surface area contributed by atoms with E-state index in [0.29, 0.717) is 12.3 Å². The molecule has 1 aliphatic heterocycles. The number of carbonyl (C=O) groups excluding carboxylic acids is 1. The molecule has 21 heavy (non-hydrogen) atoms. The molecule has 0 unspecified atom stereocenters. The first-order valence-electron chi connectivity index (χ1n) is 7.06. The average Bonchev–Trinajstić information content (AvgIpc) is 2.91. The number of methoxy groups -OCH3 is 1. The fourth-order valence-electron chi connectivity index (χ4n) is 2.62. The number of hydrogen-bond acceptors (Lipinski definition) is 4. The SMILES string of the molecule is CCc1cc2c(C3=NNC(=O)C[C@@H]3C)ccc(OC)n2n1. The van der Waals surface area contributed by atoms with Crippen molar-refractivity contribution in [3.8, 4) is 5.88 Å².